The first-order valence-electron chi connectivity index (χ1n) is 6.50. The summed E-state index contributed by atoms with van der Waals surface area (Å²) in [6, 6.07) is 14.8. The second-order valence-electron chi connectivity index (χ2n) is 4.59. The highest BCUT2D eigenvalue weighted by molar-refractivity contribution is 14.1. The van der Waals surface area contributed by atoms with E-state index in [4.69, 9.17) is 0 Å². The van der Waals surface area contributed by atoms with Crippen LogP contribution < -0.4 is 5.32 Å². The Hall–Kier alpha value is -1.89. The van der Waals surface area contributed by atoms with Gasteiger partial charge in [-0.3, -0.25) is 0 Å². The smallest absolute Gasteiger partial charge is 0.124 e. The third-order valence-electron chi connectivity index (χ3n) is 3.12. The van der Waals surface area contributed by atoms with E-state index < -0.39 is 0 Å². The van der Waals surface area contributed by atoms with Gasteiger partial charge in [-0.05, 0) is 64.6 Å². The van der Waals surface area contributed by atoms with Gasteiger partial charge in [0.1, 0.15) is 5.82 Å². The lowest BCUT2D eigenvalue weighted by Crippen LogP contribution is -2.02. The number of benzene rings is 2. The average molecular weight is 393 g/mol. The maximum atomic E-state index is 13.0. The van der Waals surface area contributed by atoms with Gasteiger partial charge in [0.15, 0.2) is 0 Å². The average Bonchev–Trinajstić information content (AvgIpc) is 3.01. The first-order valence-corrected chi connectivity index (χ1v) is 7.58. The minimum Gasteiger partial charge on any atom is -0.380 e. The van der Waals surface area contributed by atoms with E-state index in [0.29, 0.717) is 6.54 Å². The molecule has 3 nitrogen and oxygen atoms in total. The highest BCUT2D eigenvalue weighted by Crippen LogP contribution is 2.20. The molecule has 0 spiro atoms. The van der Waals surface area contributed by atoms with Crippen LogP contribution in [-0.2, 0) is 6.54 Å². The standard InChI is InChI=1S/C16H13FIN3/c17-13-4-7-16(15(18)10-13)19-11-12-2-5-14(6-3-12)21-9-1-8-20-21/h1-10,19H,11H2. The van der Waals surface area contributed by atoms with Crippen molar-refractivity contribution in [3.05, 3.63) is 75.9 Å². The number of anilines is 1. The number of rotatable bonds is 4. The van der Waals surface area contributed by atoms with Crippen molar-refractivity contribution in [3.8, 4) is 5.69 Å². The Labute approximate surface area is 135 Å². The van der Waals surface area contributed by atoms with Gasteiger partial charge in [-0.25, -0.2) is 9.07 Å². The van der Waals surface area contributed by atoms with Crippen molar-refractivity contribution >= 4 is 28.3 Å². The zero-order valence-corrected chi connectivity index (χ0v) is 13.3. The number of halogens is 2. The van der Waals surface area contributed by atoms with E-state index in [1.807, 2.05) is 29.1 Å². The monoisotopic (exact) mass is 393 g/mol. The van der Waals surface area contributed by atoms with Crippen LogP contribution in [0.2, 0.25) is 0 Å². The summed E-state index contributed by atoms with van der Waals surface area (Å²) in [7, 11) is 0. The predicted molar refractivity (Wildman–Crippen MR) is 90.0 cm³/mol. The third-order valence-corrected chi connectivity index (χ3v) is 4.01. The molecule has 0 radical (unpaired) electrons. The molecule has 106 valence electrons. The van der Waals surface area contributed by atoms with E-state index in [1.165, 1.54) is 12.1 Å². The molecule has 2 aromatic carbocycles. The normalized spacial score (nSPS) is 10.6. The minimum absolute atomic E-state index is 0.214. The summed E-state index contributed by atoms with van der Waals surface area (Å²) in [6.45, 7) is 0.695. The fourth-order valence-corrected chi connectivity index (χ4v) is 2.69. The quantitative estimate of drug-likeness (QED) is 0.673. The third kappa shape index (κ3) is 3.41. The summed E-state index contributed by atoms with van der Waals surface area (Å²) in [6.07, 6.45) is 3.67. The zero-order chi connectivity index (χ0) is 14.7. The van der Waals surface area contributed by atoms with Crippen molar-refractivity contribution in [2.45, 2.75) is 6.54 Å². The Morgan fingerprint density at radius 2 is 1.95 bits per heavy atom. The van der Waals surface area contributed by atoms with E-state index in [1.54, 1.807) is 12.3 Å². The van der Waals surface area contributed by atoms with E-state index >= 15 is 0 Å². The van der Waals surface area contributed by atoms with Crippen LogP contribution in [0.1, 0.15) is 5.56 Å². The molecular weight excluding hydrogens is 380 g/mol. The molecule has 0 amide bonds. The van der Waals surface area contributed by atoms with Gasteiger partial charge < -0.3 is 5.32 Å². The van der Waals surface area contributed by atoms with Crippen LogP contribution in [0.25, 0.3) is 5.69 Å². The number of aromatic nitrogens is 2. The van der Waals surface area contributed by atoms with Crippen LogP contribution in [0.3, 0.4) is 0 Å². The van der Waals surface area contributed by atoms with Crippen LogP contribution in [-0.4, -0.2) is 9.78 Å². The maximum absolute atomic E-state index is 13.0. The van der Waals surface area contributed by atoms with Crippen molar-refractivity contribution in [2.24, 2.45) is 0 Å². The number of nitrogens with zero attached hydrogens (tertiary/aromatic N) is 2. The summed E-state index contributed by atoms with van der Waals surface area (Å²) in [5.41, 5.74) is 3.12. The van der Waals surface area contributed by atoms with Crippen LogP contribution in [0.15, 0.2) is 60.9 Å². The molecule has 0 aliphatic rings. The van der Waals surface area contributed by atoms with E-state index in [-0.39, 0.29) is 5.82 Å². The van der Waals surface area contributed by atoms with Gasteiger partial charge in [0.05, 0.1) is 5.69 Å². The number of hydrogen-bond acceptors (Lipinski definition) is 2. The summed E-state index contributed by atoms with van der Waals surface area (Å²) >= 11 is 2.13. The fraction of sp³-hybridized carbons (Fsp3) is 0.0625. The Balaban J connectivity index is 1.68. The molecule has 0 aliphatic heterocycles. The van der Waals surface area contributed by atoms with Gasteiger partial charge in [-0.1, -0.05) is 12.1 Å². The van der Waals surface area contributed by atoms with Crippen LogP contribution in [0, 0.1) is 9.39 Å². The van der Waals surface area contributed by atoms with Crippen molar-refractivity contribution in [2.75, 3.05) is 5.32 Å². The molecule has 21 heavy (non-hydrogen) atoms. The summed E-state index contributed by atoms with van der Waals surface area (Å²) < 4.78 is 15.7. The van der Waals surface area contributed by atoms with E-state index in [2.05, 4.69) is 45.1 Å². The topological polar surface area (TPSA) is 29.9 Å². The molecule has 0 atom stereocenters. The second-order valence-corrected chi connectivity index (χ2v) is 5.76. The van der Waals surface area contributed by atoms with Gasteiger partial charge in [-0.2, -0.15) is 5.10 Å². The maximum Gasteiger partial charge on any atom is 0.124 e. The Bertz CT molecular complexity index is 724. The highest BCUT2D eigenvalue weighted by Gasteiger charge is 2.02. The van der Waals surface area contributed by atoms with Gasteiger partial charge in [0, 0.05) is 28.2 Å². The zero-order valence-electron chi connectivity index (χ0n) is 11.1. The lowest BCUT2D eigenvalue weighted by Gasteiger charge is -2.09. The summed E-state index contributed by atoms with van der Waals surface area (Å²) in [4.78, 5) is 0. The summed E-state index contributed by atoms with van der Waals surface area (Å²) in [5, 5.41) is 7.51. The largest absolute Gasteiger partial charge is 0.380 e. The molecule has 0 aliphatic carbocycles. The molecule has 0 saturated heterocycles. The van der Waals surface area contributed by atoms with Gasteiger partial charge in [0.2, 0.25) is 0 Å². The van der Waals surface area contributed by atoms with Crippen molar-refractivity contribution < 1.29 is 4.39 Å². The lowest BCUT2D eigenvalue weighted by molar-refractivity contribution is 0.627. The van der Waals surface area contributed by atoms with Gasteiger partial charge >= 0.3 is 0 Å². The van der Waals surface area contributed by atoms with Crippen LogP contribution >= 0.6 is 22.6 Å². The molecule has 1 heterocycles. The molecule has 0 bridgehead atoms. The molecule has 1 aromatic heterocycles. The van der Waals surface area contributed by atoms with Crippen molar-refractivity contribution in [1.29, 1.82) is 0 Å². The van der Waals surface area contributed by atoms with Crippen molar-refractivity contribution in [3.63, 3.8) is 0 Å². The van der Waals surface area contributed by atoms with Gasteiger partial charge in [-0.15, -0.1) is 0 Å². The second kappa shape index (κ2) is 6.26. The fourth-order valence-electron chi connectivity index (χ4n) is 2.02. The predicted octanol–water partition coefficient (Wildman–Crippen LogP) is 4.23. The number of nitrogens with one attached hydrogen (secondary N) is 1. The molecule has 3 aromatic rings. The highest BCUT2D eigenvalue weighted by atomic mass is 127. The first kappa shape index (κ1) is 14.1. The molecule has 0 saturated carbocycles. The number of hydrogen-bond donors (Lipinski definition) is 1. The minimum atomic E-state index is -0.214. The summed E-state index contributed by atoms with van der Waals surface area (Å²) in [5.74, 6) is -0.214. The SMILES string of the molecule is Fc1ccc(NCc2ccc(-n3cccn3)cc2)c(I)c1. The molecule has 0 unspecified atom stereocenters. The Morgan fingerprint density at radius 1 is 1.14 bits per heavy atom. The van der Waals surface area contributed by atoms with Crippen molar-refractivity contribution in [1.82, 2.24) is 9.78 Å². The Kier molecular flexibility index (Phi) is 4.19. The van der Waals surface area contributed by atoms with E-state index in [0.717, 1.165) is 20.5 Å². The molecule has 0 fully saturated rings. The molecular formula is C16H13FIN3. The van der Waals surface area contributed by atoms with E-state index in [9.17, 15) is 4.39 Å². The molecule has 1 N–H and O–H groups in total. The van der Waals surface area contributed by atoms with Gasteiger partial charge in [0.25, 0.3) is 0 Å². The molecule has 3 rings (SSSR count). The first-order chi connectivity index (χ1) is 10.2. The lowest BCUT2D eigenvalue weighted by atomic mass is 10.2. The van der Waals surface area contributed by atoms with Crippen LogP contribution in [0.5, 0.6) is 0 Å². The Morgan fingerprint density at radius 3 is 2.62 bits per heavy atom. The molecule has 5 heteroatoms. The van der Waals surface area contributed by atoms with Crippen LogP contribution in [0.4, 0.5) is 10.1 Å².